The molecule has 1 aromatic heterocycles. The Labute approximate surface area is 136 Å². The van der Waals surface area contributed by atoms with E-state index in [0.717, 1.165) is 0 Å². The fraction of sp³-hybridized carbons (Fsp3) is 0.267. The number of hydrogen-bond donors (Lipinski definition) is 3. The van der Waals surface area contributed by atoms with Crippen molar-refractivity contribution in [2.45, 2.75) is 19.8 Å². The van der Waals surface area contributed by atoms with Crippen molar-refractivity contribution in [3.63, 3.8) is 0 Å². The molecule has 0 bridgehead atoms. The number of hydrogen-bond acceptors (Lipinski definition) is 5. The van der Waals surface area contributed by atoms with Crippen molar-refractivity contribution in [1.82, 2.24) is 4.98 Å². The van der Waals surface area contributed by atoms with Crippen molar-refractivity contribution in [2.24, 2.45) is 5.73 Å². The topological polar surface area (TPSA) is 97.1 Å². The van der Waals surface area contributed by atoms with E-state index in [4.69, 9.17) is 5.73 Å². The minimum absolute atomic E-state index is 0.169. The highest BCUT2D eigenvalue weighted by Crippen LogP contribution is 2.28. The number of nitrogens with one attached hydrogen (secondary N) is 2. The molecule has 2 amide bonds. The van der Waals surface area contributed by atoms with Crippen molar-refractivity contribution in [3.8, 4) is 11.3 Å². The standard InChI is InChI=1S/C15H17FN4O2S/c1-9(21)18-10-4-5-11(12(16)7-10)13-8-23-15(19-13)20-14(22)3-2-6-17/h4-5,7-8H,2-3,6,17H2,1H3,(H,18,21)(H,19,20,22). The predicted molar refractivity (Wildman–Crippen MR) is 88.7 cm³/mol. The molecule has 4 N–H and O–H groups in total. The zero-order valence-corrected chi connectivity index (χ0v) is 13.4. The average molecular weight is 336 g/mol. The fourth-order valence-electron chi connectivity index (χ4n) is 1.90. The van der Waals surface area contributed by atoms with E-state index in [2.05, 4.69) is 15.6 Å². The molecule has 0 saturated carbocycles. The first-order valence-electron chi connectivity index (χ1n) is 7.02. The molecule has 8 heteroatoms. The molecule has 2 aromatic rings. The van der Waals surface area contributed by atoms with Crippen molar-refractivity contribution < 1.29 is 14.0 Å². The van der Waals surface area contributed by atoms with Gasteiger partial charge in [0.2, 0.25) is 11.8 Å². The first-order valence-corrected chi connectivity index (χ1v) is 7.90. The molecule has 0 spiro atoms. The number of aromatic nitrogens is 1. The SMILES string of the molecule is CC(=O)Nc1ccc(-c2csc(NC(=O)CCCN)n2)c(F)c1. The first kappa shape index (κ1) is 17.0. The van der Waals surface area contributed by atoms with Gasteiger partial charge in [0.15, 0.2) is 5.13 Å². The molecule has 1 heterocycles. The highest BCUT2D eigenvalue weighted by Gasteiger charge is 2.12. The third kappa shape index (κ3) is 4.83. The summed E-state index contributed by atoms with van der Waals surface area (Å²) >= 11 is 1.22. The molecule has 122 valence electrons. The minimum atomic E-state index is -0.498. The summed E-state index contributed by atoms with van der Waals surface area (Å²) in [7, 11) is 0. The van der Waals surface area contributed by atoms with E-state index in [9.17, 15) is 14.0 Å². The van der Waals surface area contributed by atoms with E-state index in [1.807, 2.05) is 0 Å². The van der Waals surface area contributed by atoms with E-state index >= 15 is 0 Å². The van der Waals surface area contributed by atoms with E-state index in [1.54, 1.807) is 11.4 Å². The second kappa shape index (κ2) is 7.80. The third-order valence-corrected chi connectivity index (χ3v) is 3.68. The maximum Gasteiger partial charge on any atom is 0.226 e. The number of anilines is 2. The van der Waals surface area contributed by atoms with Gasteiger partial charge < -0.3 is 16.4 Å². The van der Waals surface area contributed by atoms with Gasteiger partial charge in [-0.05, 0) is 31.2 Å². The van der Waals surface area contributed by atoms with E-state index in [-0.39, 0.29) is 11.8 Å². The summed E-state index contributed by atoms with van der Waals surface area (Å²) in [5.74, 6) is -0.936. The van der Waals surface area contributed by atoms with Crippen LogP contribution in [0.4, 0.5) is 15.2 Å². The molecule has 6 nitrogen and oxygen atoms in total. The lowest BCUT2D eigenvalue weighted by Gasteiger charge is -2.05. The molecule has 0 saturated heterocycles. The van der Waals surface area contributed by atoms with Crippen molar-refractivity contribution in [2.75, 3.05) is 17.2 Å². The molecule has 0 aliphatic rings. The molecule has 0 aliphatic heterocycles. The Morgan fingerprint density at radius 2 is 2.13 bits per heavy atom. The zero-order chi connectivity index (χ0) is 16.8. The van der Waals surface area contributed by atoms with E-state index in [0.29, 0.717) is 41.5 Å². The number of rotatable bonds is 6. The Kier molecular flexibility index (Phi) is 5.78. The number of amides is 2. The molecule has 0 radical (unpaired) electrons. The Bertz CT molecular complexity index is 717. The van der Waals surface area contributed by atoms with Gasteiger partial charge in [0.25, 0.3) is 0 Å². The Hall–Kier alpha value is -2.32. The highest BCUT2D eigenvalue weighted by atomic mass is 32.1. The first-order chi connectivity index (χ1) is 11.0. The van der Waals surface area contributed by atoms with Crippen LogP contribution in [0.2, 0.25) is 0 Å². The van der Waals surface area contributed by atoms with Crippen LogP contribution in [-0.2, 0) is 9.59 Å². The number of nitrogens with zero attached hydrogens (tertiary/aromatic N) is 1. The summed E-state index contributed by atoms with van der Waals surface area (Å²) < 4.78 is 14.1. The van der Waals surface area contributed by atoms with Crippen LogP contribution >= 0.6 is 11.3 Å². The second-order valence-corrected chi connectivity index (χ2v) is 5.71. The van der Waals surface area contributed by atoms with Crippen LogP contribution in [0.15, 0.2) is 23.6 Å². The molecular weight excluding hydrogens is 319 g/mol. The summed E-state index contributed by atoms with van der Waals surface area (Å²) in [5, 5.41) is 7.24. The predicted octanol–water partition coefficient (Wildman–Crippen LogP) is 2.58. The van der Waals surface area contributed by atoms with Gasteiger partial charge in [0, 0.05) is 30.0 Å². The lowest BCUT2D eigenvalue weighted by atomic mass is 10.1. The number of carbonyl (C=O) groups excluding carboxylic acids is 2. The molecule has 0 fully saturated rings. The van der Waals surface area contributed by atoms with Gasteiger partial charge in [-0.15, -0.1) is 11.3 Å². The average Bonchev–Trinajstić information content (AvgIpc) is 2.92. The van der Waals surface area contributed by atoms with Crippen molar-refractivity contribution in [1.29, 1.82) is 0 Å². The summed E-state index contributed by atoms with van der Waals surface area (Å²) in [4.78, 5) is 26.8. The molecular formula is C15H17FN4O2S. The number of halogens is 1. The van der Waals surface area contributed by atoms with Crippen LogP contribution in [0.3, 0.4) is 0 Å². The Morgan fingerprint density at radius 1 is 1.35 bits per heavy atom. The van der Waals surface area contributed by atoms with Crippen LogP contribution < -0.4 is 16.4 Å². The molecule has 2 rings (SSSR count). The van der Waals surface area contributed by atoms with Gasteiger partial charge in [-0.2, -0.15) is 0 Å². The zero-order valence-electron chi connectivity index (χ0n) is 12.6. The maximum atomic E-state index is 14.1. The van der Waals surface area contributed by atoms with Crippen molar-refractivity contribution >= 4 is 34.0 Å². The largest absolute Gasteiger partial charge is 0.330 e. The van der Waals surface area contributed by atoms with Crippen LogP contribution in [0, 0.1) is 5.82 Å². The number of thiazole rings is 1. The third-order valence-electron chi connectivity index (χ3n) is 2.92. The lowest BCUT2D eigenvalue weighted by Crippen LogP contribution is -2.13. The number of nitrogens with two attached hydrogens (primary N) is 1. The van der Waals surface area contributed by atoms with Gasteiger partial charge in [0.1, 0.15) is 5.82 Å². The van der Waals surface area contributed by atoms with Gasteiger partial charge in [-0.1, -0.05) is 0 Å². The summed E-state index contributed by atoms with van der Waals surface area (Å²) in [5.41, 5.74) is 6.46. The molecule has 0 unspecified atom stereocenters. The number of benzene rings is 1. The molecule has 0 aliphatic carbocycles. The van der Waals surface area contributed by atoms with E-state index < -0.39 is 5.82 Å². The second-order valence-electron chi connectivity index (χ2n) is 4.85. The Balaban J connectivity index is 2.11. The molecule has 23 heavy (non-hydrogen) atoms. The summed E-state index contributed by atoms with van der Waals surface area (Å²) in [6.07, 6.45) is 0.925. The smallest absolute Gasteiger partial charge is 0.226 e. The van der Waals surface area contributed by atoms with Crippen LogP contribution in [0.1, 0.15) is 19.8 Å². The minimum Gasteiger partial charge on any atom is -0.330 e. The normalized spacial score (nSPS) is 10.4. The Morgan fingerprint density at radius 3 is 2.78 bits per heavy atom. The van der Waals surface area contributed by atoms with Crippen LogP contribution in [0.25, 0.3) is 11.3 Å². The van der Waals surface area contributed by atoms with Gasteiger partial charge in [-0.25, -0.2) is 9.37 Å². The fourth-order valence-corrected chi connectivity index (χ4v) is 2.63. The molecule has 1 aromatic carbocycles. The lowest BCUT2D eigenvalue weighted by molar-refractivity contribution is -0.116. The summed E-state index contributed by atoms with van der Waals surface area (Å²) in [6, 6.07) is 4.37. The number of carbonyl (C=O) groups is 2. The molecule has 0 atom stereocenters. The van der Waals surface area contributed by atoms with Gasteiger partial charge in [-0.3, -0.25) is 9.59 Å². The van der Waals surface area contributed by atoms with E-state index in [1.165, 1.54) is 30.4 Å². The van der Waals surface area contributed by atoms with Crippen molar-refractivity contribution in [3.05, 3.63) is 29.4 Å². The van der Waals surface area contributed by atoms with Gasteiger partial charge >= 0.3 is 0 Å². The maximum absolute atomic E-state index is 14.1. The van der Waals surface area contributed by atoms with Crippen LogP contribution in [-0.4, -0.2) is 23.3 Å². The monoisotopic (exact) mass is 336 g/mol. The van der Waals surface area contributed by atoms with Gasteiger partial charge in [0.05, 0.1) is 5.69 Å². The quantitative estimate of drug-likeness (QED) is 0.755. The van der Waals surface area contributed by atoms with Crippen LogP contribution in [0.5, 0.6) is 0 Å². The highest BCUT2D eigenvalue weighted by molar-refractivity contribution is 7.14. The summed E-state index contributed by atoms with van der Waals surface area (Å²) in [6.45, 7) is 1.80.